The summed E-state index contributed by atoms with van der Waals surface area (Å²) in [5, 5.41) is 2.27. The van der Waals surface area contributed by atoms with Crippen LogP contribution in [0.15, 0.2) is 78.9 Å². The fourth-order valence-corrected chi connectivity index (χ4v) is 3.37. The van der Waals surface area contributed by atoms with E-state index in [-0.39, 0.29) is 0 Å². The maximum atomic E-state index is 6.04. The van der Waals surface area contributed by atoms with Crippen LogP contribution in [0.5, 0.6) is 11.5 Å². The smallest absolute Gasteiger partial charge is 0.326 e. The highest BCUT2D eigenvalue weighted by atomic mass is 35.5. The molecule has 0 aliphatic carbocycles. The van der Waals surface area contributed by atoms with Gasteiger partial charge in [0, 0.05) is 10.0 Å². The SMILES string of the molecule is Clc1ccc(OP(Oc2ccccc2)c2ccc(Cl)cc2)cc1. The average Bonchev–Trinajstić information content (AvgIpc) is 2.58. The summed E-state index contributed by atoms with van der Waals surface area (Å²) in [6.07, 6.45) is 0. The van der Waals surface area contributed by atoms with Gasteiger partial charge < -0.3 is 9.05 Å². The number of hydrogen-bond donors (Lipinski definition) is 0. The number of para-hydroxylation sites is 1. The van der Waals surface area contributed by atoms with Gasteiger partial charge in [0.25, 0.3) is 0 Å². The molecular formula is C18H13Cl2O2P. The molecule has 0 bridgehead atoms. The molecule has 0 spiro atoms. The Bertz CT molecular complexity index is 746. The second kappa shape index (κ2) is 7.70. The summed E-state index contributed by atoms with van der Waals surface area (Å²) >= 11 is 11.9. The van der Waals surface area contributed by atoms with Crippen molar-refractivity contribution in [2.45, 2.75) is 0 Å². The van der Waals surface area contributed by atoms with Gasteiger partial charge in [-0.05, 0) is 60.7 Å². The first-order chi connectivity index (χ1) is 11.2. The predicted molar refractivity (Wildman–Crippen MR) is 97.2 cm³/mol. The molecule has 0 heterocycles. The summed E-state index contributed by atoms with van der Waals surface area (Å²) in [6.45, 7) is 0. The van der Waals surface area contributed by atoms with E-state index in [1.165, 1.54) is 0 Å². The quantitative estimate of drug-likeness (QED) is 0.511. The fraction of sp³-hybridized carbons (Fsp3) is 0. The Morgan fingerprint density at radius 2 is 1.04 bits per heavy atom. The molecule has 1 atom stereocenters. The summed E-state index contributed by atoms with van der Waals surface area (Å²) < 4.78 is 12.1. The van der Waals surface area contributed by atoms with Crippen molar-refractivity contribution in [3.05, 3.63) is 88.9 Å². The normalized spacial score (nSPS) is 11.7. The van der Waals surface area contributed by atoms with E-state index in [9.17, 15) is 0 Å². The van der Waals surface area contributed by atoms with Crippen LogP contribution in [0, 0.1) is 0 Å². The van der Waals surface area contributed by atoms with Crippen LogP contribution >= 0.6 is 31.6 Å². The summed E-state index contributed by atoms with van der Waals surface area (Å²) in [5.41, 5.74) is 0. The van der Waals surface area contributed by atoms with Crippen LogP contribution in [0.1, 0.15) is 0 Å². The molecule has 116 valence electrons. The Morgan fingerprint density at radius 1 is 0.565 bits per heavy atom. The number of benzene rings is 3. The Labute approximate surface area is 146 Å². The van der Waals surface area contributed by atoms with Crippen molar-refractivity contribution < 1.29 is 9.05 Å². The van der Waals surface area contributed by atoms with Crippen LogP contribution in [-0.4, -0.2) is 0 Å². The molecule has 0 saturated heterocycles. The molecule has 0 amide bonds. The molecule has 2 nitrogen and oxygen atoms in total. The molecule has 0 aliphatic rings. The van der Waals surface area contributed by atoms with Gasteiger partial charge in [-0.25, -0.2) is 0 Å². The lowest BCUT2D eigenvalue weighted by Crippen LogP contribution is -2.09. The molecule has 0 aromatic heterocycles. The van der Waals surface area contributed by atoms with Gasteiger partial charge in [0.1, 0.15) is 11.5 Å². The summed E-state index contributed by atoms with van der Waals surface area (Å²) in [5.74, 6) is 1.45. The van der Waals surface area contributed by atoms with Crippen LogP contribution in [0.2, 0.25) is 10.0 Å². The van der Waals surface area contributed by atoms with Gasteiger partial charge in [-0.3, -0.25) is 0 Å². The Kier molecular flexibility index (Phi) is 5.40. The zero-order valence-electron chi connectivity index (χ0n) is 12.0. The minimum atomic E-state index is -1.33. The van der Waals surface area contributed by atoms with E-state index < -0.39 is 8.38 Å². The molecule has 0 N–H and O–H groups in total. The lowest BCUT2D eigenvalue weighted by atomic mass is 10.3. The summed E-state index contributed by atoms with van der Waals surface area (Å²) in [6, 6.07) is 24.3. The monoisotopic (exact) mass is 362 g/mol. The Balaban J connectivity index is 1.86. The van der Waals surface area contributed by atoms with Crippen molar-refractivity contribution in [1.29, 1.82) is 0 Å². The molecule has 5 heteroatoms. The van der Waals surface area contributed by atoms with Crippen molar-refractivity contribution in [2.75, 3.05) is 0 Å². The largest absolute Gasteiger partial charge is 0.435 e. The van der Waals surface area contributed by atoms with Crippen molar-refractivity contribution in [1.82, 2.24) is 0 Å². The van der Waals surface area contributed by atoms with E-state index in [2.05, 4.69) is 0 Å². The van der Waals surface area contributed by atoms with E-state index in [0.29, 0.717) is 15.8 Å². The van der Waals surface area contributed by atoms with Gasteiger partial charge >= 0.3 is 8.38 Å². The van der Waals surface area contributed by atoms with E-state index >= 15 is 0 Å². The minimum absolute atomic E-state index is 0.664. The minimum Gasteiger partial charge on any atom is -0.435 e. The lowest BCUT2D eigenvalue weighted by Gasteiger charge is -2.19. The van der Waals surface area contributed by atoms with E-state index in [1.807, 2.05) is 66.7 Å². The van der Waals surface area contributed by atoms with Crippen LogP contribution in [0.4, 0.5) is 0 Å². The fourth-order valence-electron chi connectivity index (χ4n) is 1.86. The van der Waals surface area contributed by atoms with E-state index in [4.69, 9.17) is 32.2 Å². The second-order valence-corrected chi connectivity index (χ2v) is 6.95. The predicted octanol–water partition coefficient (Wildman–Crippen LogP) is 6.09. The molecule has 1 unspecified atom stereocenters. The lowest BCUT2D eigenvalue weighted by molar-refractivity contribution is 0.502. The van der Waals surface area contributed by atoms with E-state index in [0.717, 1.165) is 11.1 Å². The Morgan fingerprint density at radius 3 is 1.61 bits per heavy atom. The standard InChI is InChI=1S/C18H13Cl2O2P/c19-14-6-10-17(11-7-14)22-23(18-12-8-15(20)9-13-18)21-16-4-2-1-3-5-16/h1-13H. The number of halogens is 2. The average molecular weight is 363 g/mol. The summed E-state index contributed by atoms with van der Waals surface area (Å²) in [4.78, 5) is 0. The third-order valence-electron chi connectivity index (χ3n) is 2.97. The van der Waals surface area contributed by atoms with Gasteiger partial charge in [0.2, 0.25) is 0 Å². The van der Waals surface area contributed by atoms with Gasteiger partial charge in [-0.1, -0.05) is 41.4 Å². The first kappa shape index (κ1) is 16.1. The first-order valence-electron chi connectivity index (χ1n) is 6.93. The van der Waals surface area contributed by atoms with Crippen molar-refractivity contribution in [2.24, 2.45) is 0 Å². The first-order valence-corrected chi connectivity index (χ1v) is 8.86. The third-order valence-corrected chi connectivity index (χ3v) is 4.95. The van der Waals surface area contributed by atoms with E-state index in [1.54, 1.807) is 12.1 Å². The second-order valence-electron chi connectivity index (χ2n) is 4.68. The van der Waals surface area contributed by atoms with Gasteiger partial charge in [0.05, 0.1) is 5.30 Å². The Hall–Kier alpha value is -1.73. The summed E-state index contributed by atoms with van der Waals surface area (Å²) in [7, 11) is -1.33. The molecule has 0 saturated carbocycles. The van der Waals surface area contributed by atoms with Crippen LogP contribution in [0.25, 0.3) is 0 Å². The highest BCUT2D eigenvalue weighted by Crippen LogP contribution is 2.40. The van der Waals surface area contributed by atoms with Gasteiger partial charge in [-0.2, -0.15) is 0 Å². The molecule has 0 radical (unpaired) electrons. The highest BCUT2D eigenvalue weighted by Gasteiger charge is 2.18. The third kappa shape index (κ3) is 4.62. The zero-order chi connectivity index (χ0) is 16.1. The maximum Gasteiger partial charge on any atom is 0.326 e. The molecule has 3 aromatic carbocycles. The molecule has 0 fully saturated rings. The molecule has 23 heavy (non-hydrogen) atoms. The molecule has 0 aliphatic heterocycles. The van der Waals surface area contributed by atoms with Crippen LogP contribution in [-0.2, 0) is 0 Å². The van der Waals surface area contributed by atoms with Crippen molar-refractivity contribution >= 4 is 36.9 Å². The number of rotatable bonds is 5. The molecule has 3 aromatic rings. The highest BCUT2D eigenvalue weighted by molar-refractivity contribution is 7.56. The van der Waals surface area contributed by atoms with Crippen molar-refractivity contribution in [3.8, 4) is 11.5 Å². The van der Waals surface area contributed by atoms with Crippen LogP contribution in [0.3, 0.4) is 0 Å². The number of hydrogen-bond acceptors (Lipinski definition) is 2. The topological polar surface area (TPSA) is 18.5 Å². The zero-order valence-corrected chi connectivity index (χ0v) is 14.4. The van der Waals surface area contributed by atoms with Gasteiger partial charge in [-0.15, -0.1) is 0 Å². The maximum absolute atomic E-state index is 6.04. The molecule has 3 rings (SSSR count). The van der Waals surface area contributed by atoms with Crippen molar-refractivity contribution in [3.63, 3.8) is 0 Å². The van der Waals surface area contributed by atoms with Gasteiger partial charge in [0.15, 0.2) is 0 Å². The molecular weight excluding hydrogens is 350 g/mol. The van der Waals surface area contributed by atoms with Crippen LogP contribution < -0.4 is 14.4 Å².